The Kier molecular flexibility index (Phi) is 3.19. The van der Waals surface area contributed by atoms with Crippen molar-refractivity contribution in [2.24, 2.45) is 5.73 Å². The number of hydrogen-bond acceptors (Lipinski definition) is 4. The molecule has 0 amide bonds. The molecule has 0 bridgehead atoms. The predicted octanol–water partition coefficient (Wildman–Crippen LogP) is 2.59. The number of benzene rings is 1. The molecule has 0 spiro atoms. The Hall–Kier alpha value is -1.75. The summed E-state index contributed by atoms with van der Waals surface area (Å²) >= 11 is 0. The first-order valence-electron chi connectivity index (χ1n) is 5.47. The predicted molar refractivity (Wildman–Crippen MR) is 61.6 cm³/mol. The topological polar surface area (TPSA) is 64.9 Å². The van der Waals surface area contributed by atoms with Gasteiger partial charge in [0.15, 0.2) is 0 Å². The fourth-order valence-electron chi connectivity index (χ4n) is 1.55. The lowest BCUT2D eigenvalue weighted by Crippen LogP contribution is -2.08. The highest BCUT2D eigenvalue weighted by Crippen LogP contribution is 2.22. The molecule has 17 heavy (non-hydrogen) atoms. The molecule has 90 valence electrons. The van der Waals surface area contributed by atoms with Gasteiger partial charge in [-0.05, 0) is 37.1 Å². The van der Waals surface area contributed by atoms with Crippen LogP contribution in [-0.4, -0.2) is 10.1 Å². The minimum absolute atomic E-state index is 0.253. The molecule has 0 aliphatic carbocycles. The van der Waals surface area contributed by atoms with Crippen LogP contribution in [-0.2, 0) is 0 Å². The van der Waals surface area contributed by atoms with Gasteiger partial charge in [-0.2, -0.15) is 4.98 Å². The molecule has 0 aliphatic rings. The Balaban J connectivity index is 2.37. The van der Waals surface area contributed by atoms with Crippen molar-refractivity contribution < 1.29 is 8.91 Å². The van der Waals surface area contributed by atoms with Crippen LogP contribution in [0.5, 0.6) is 0 Å². The molecule has 1 unspecified atom stereocenters. The molecule has 0 aliphatic heterocycles. The Labute approximate surface area is 98.6 Å². The molecular weight excluding hydrogens is 221 g/mol. The summed E-state index contributed by atoms with van der Waals surface area (Å²) < 4.78 is 18.0. The molecule has 1 aromatic carbocycles. The van der Waals surface area contributed by atoms with Gasteiger partial charge >= 0.3 is 0 Å². The van der Waals surface area contributed by atoms with Crippen LogP contribution in [0.3, 0.4) is 0 Å². The normalized spacial score (nSPS) is 12.7. The Morgan fingerprint density at radius 2 is 2.24 bits per heavy atom. The maximum atomic E-state index is 13.0. The third kappa shape index (κ3) is 2.34. The summed E-state index contributed by atoms with van der Waals surface area (Å²) in [6.07, 6.45) is 0.726. The average molecular weight is 235 g/mol. The molecule has 2 rings (SSSR count). The zero-order chi connectivity index (χ0) is 12.4. The zero-order valence-corrected chi connectivity index (χ0v) is 9.77. The van der Waals surface area contributed by atoms with E-state index >= 15 is 0 Å². The van der Waals surface area contributed by atoms with Gasteiger partial charge in [-0.15, -0.1) is 0 Å². The van der Waals surface area contributed by atoms with Crippen molar-refractivity contribution in [3.8, 4) is 11.4 Å². The molecule has 2 aromatic rings. The van der Waals surface area contributed by atoms with Gasteiger partial charge in [0.2, 0.25) is 11.7 Å². The molecule has 1 aromatic heterocycles. The highest BCUT2D eigenvalue weighted by atomic mass is 19.1. The number of halogens is 1. The van der Waals surface area contributed by atoms with E-state index < -0.39 is 0 Å². The first kappa shape index (κ1) is 11.7. The third-order valence-electron chi connectivity index (χ3n) is 2.63. The lowest BCUT2D eigenvalue weighted by molar-refractivity contribution is 0.352. The minimum Gasteiger partial charge on any atom is -0.337 e. The summed E-state index contributed by atoms with van der Waals surface area (Å²) in [7, 11) is 0. The molecular formula is C12H14FN3O. The van der Waals surface area contributed by atoms with Crippen molar-refractivity contribution in [1.29, 1.82) is 0 Å². The first-order valence-corrected chi connectivity index (χ1v) is 5.47. The summed E-state index contributed by atoms with van der Waals surface area (Å²) in [5.41, 5.74) is 7.31. The number of hydrogen-bond donors (Lipinski definition) is 1. The van der Waals surface area contributed by atoms with Gasteiger partial charge in [0, 0.05) is 5.56 Å². The van der Waals surface area contributed by atoms with Gasteiger partial charge in [0.25, 0.3) is 0 Å². The van der Waals surface area contributed by atoms with E-state index in [9.17, 15) is 4.39 Å². The first-order chi connectivity index (χ1) is 8.11. The fourth-order valence-corrected chi connectivity index (χ4v) is 1.55. The van der Waals surface area contributed by atoms with E-state index in [0.29, 0.717) is 11.7 Å². The molecule has 0 fully saturated rings. The Morgan fingerprint density at radius 3 is 2.88 bits per heavy atom. The summed E-state index contributed by atoms with van der Waals surface area (Å²) in [6.45, 7) is 3.74. The monoisotopic (exact) mass is 235 g/mol. The van der Waals surface area contributed by atoms with Crippen LogP contribution >= 0.6 is 0 Å². The van der Waals surface area contributed by atoms with Crippen molar-refractivity contribution in [1.82, 2.24) is 10.1 Å². The molecule has 0 saturated carbocycles. The standard InChI is InChI=1S/C12H14FN3O/c1-3-10(14)12-15-11(16-17-12)9-5-4-8(13)6-7(9)2/h4-6,10H,3,14H2,1-2H3. The van der Waals surface area contributed by atoms with Crippen molar-refractivity contribution in [2.75, 3.05) is 0 Å². The maximum Gasteiger partial charge on any atom is 0.243 e. The Morgan fingerprint density at radius 1 is 1.47 bits per heavy atom. The van der Waals surface area contributed by atoms with Gasteiger partial charge in [-0.3, -0.25) is 0 Å². The SMILES string of the molecule is CCC(N)c1nc(-c2ccc(F)cc2C)no1. The van der Waals surface area contributed by atoms with Crippen LogP contribution in [0.15, 0.2) is 22.7 Å². The second-order valence-electron chi connectivity index (χ2n) is 3.93. The molecule has 0 saturated heterocycles. The number of aryl methyl sites for hydroxylation is 1. The van der Waals surface area contributed by atoms with Crippen molar-refractivity contribution >= 4 is 0 Å². The average Bonchev–Trinajstić information content (AvgIpc) is 2.77. The minimum atomic E-state index is -0.278. The lowest BCUT2D eigenvalue weighted by Gasteiger charge is -2.01. The number of nitrogens with zero attached hydrogens (tertiary/aromatic N) is 2. The number of aromatic nitrogens is 2. The van der Waals surface area contributed by atoms with Crippen LogP contribution in [0.25, 0.3) is 11.4 Å². The van der Waals surface area contributed by atoms with Crippen LogP contribution in [0.1, 0.15) is 30.8 Å². The third-order valence-corrected chi connectivity index (χ3v) is 2.63. The largest absolute Gasteiger partial charge is 0.337 e. The van der Waals surface area contributed by atoms with E-state index in [-0.39, 0.29) is 11.9 Å². The number of rotatable bonds is 3. The second kappa shape index (κ2) is 4.63. The Bertz CT molecular complexity index is 524. The van der Waals surface area contributed by atoms with Gasteiger partial charge < -0.3 is 10.3 Å². The van der Waals surface area contributed by atoms with Crippen molar-refractivity contribution in [3.05, 3.63) is 35.5 Å². The molecule has 5 heteroatoms. The quantitative estimate of drug-likeness (QED) is 0.888. The zero-order valence-electron chi connectivity index (χ0n) is 9.77. The summed E-state index contributed by atoms with van der Waals surface area (Å²) in [4.78, 5) is 4.22. The van der Waals surface area contributed by atoms with E-state index in [0.717, 1.165) is 17.5 Å². The highest BCUT2D eigenvalue weighted by molar-refractivity contribution is 5.59. The lowest BCUT2D eigenvalue weighted by atomic mass is 10.1. The van der Waals surface area contributed by atoms with Crippen LogP contribution in [0.2, 0.25) is 0 Å². The van der Waals surface area contributed by atoms with Crippen LogP contribution < -0.4 is 5.73 Å². The van der Waals surface area contributed by atoms with E-state index in [4.69, 9.17) is 10.3 Å². The van der Waals surface area contributed by atoms with Crippen molar-refractivity contribution in [2.45, 2.75) is 26.3 Å². The highest BCUT2D eigenvalue weighted by Gasteiger charge is 2.15. The van der Waals surface area contributed by atoms with Crippen LogP contribution in [0, 0.1) is 12.7 Å². The summed E-state index contributed by atoms with van der Waals surface area (Å²) in [5.74, 6) is 0.577. The van der Waals surface area contributed by atoms with Gasteiger partial charge in [0.05, 0.1) is 6.04 Å². The van der Waals surface area contributed by atoms with Gasteiger partial charge in [-0.1, -0.05) is 12.1 Å². The van der Waals surface area contributed by atoms with E-state index in [1.807, 2.05) is 6.92 Å². The van der Waals surface area contributed by atoms with Crippen molar-refractivity contribution in [3.63, 3.8) is 0 Å². The second-order valence-corrected chi connectivity index (χ2v) is 3.93. The molecule has 0 radical (unpaired) electrons. The van der Waals surface area contributed by atoms with E-state index in [1.165, 1.54) is 12.1 Å². The molecule has 1 heterocycles. The maximum absolute atomic E-state index is 13.0. The van der Waals surface area contributed by atoms with Crippen LogP contribution in [0.4, 0.5) is 4.39 Å². The van der Waals surface area contributed by atoms with Gasteiger partial charge in [-0.25, -0.2) is 4.39 Å². The fraction of sp³-hybridized carbons (Fsp3) is 0.333. The summed E-state index contributed by atoms with van der Waals surface area (Å²) in [6, 6.07) is 4.19. The summed E-state index contributed by atoms with van der Waals surface area (Å²) in [5, 5.41) is 3.86. The van der Waals surface area contributed by atoms with E-state index in [1.54, 1.807) is 13.0 Å². The number of nitrogens with two attached hydrogens (primary N) is 1. The molecule has 1 atom stereocenters. The smallest absolute Gasteiger partial charge is 0.243 e. The van der Waals surface area contributed by atoms with Gasteiger partial charge in [0.1, 0.15) is 5.82 Å². The van der Waals surface area contributed by atoms with E-state index in [2.05, 4.69) is 10.1 Å². The molecule has 2 N–H and O–H groups in total. The molecule has 4 nitrogen and oxygen atoms in total.